The molecule has 0 aliphatic carbocycles. The number of morpholine rings is 1. The van der Waals surface area contributed by atoms with E-state index in [4.69, 9.17) is 4.74 Å². The zero-order valence-electron chi connectivity index (χ0n) is 14.0. The lowest BCUT2D eigenvalue weighted by molar-refractivity contribution is 0.122. The van der Waals surface area contributed by atoms with Crippen molar-refractivity contribution in [1.82, 2.24) is 19.7 Å². The average Bonchev–Trinajstić information content (AvgIpc) is 3.04. The first-order chi connectivity index (χ1) is 12.2. The Labute approximate surface area is 144 Å². The molecule has 3 heterocycles. The Bertz CT molecular complexity index is 926. The minimum absolute atomic E-state index is 0.113. The van der Waals surface area contributed by atoms with Crippen LogP contribution in [0.4, 0.5) is 5.95 Å². The van der Waals surface area contributed by atoms with Crippen LogP contribution >= 0.6 is 0 Å². The van der Waals surface area contributed by atoms with E-state index in [-0.39, 0.29) is 5.56 Å². The van der Waals surface area contributed by atoms with E-state index in [0.29, 0.717) is 24.9 Å². The summed E-state index contributed by atoms with van der Waals surface area (Å²) in [6, 6.07) is 11.1. The first-order valence-electron chi connectivity index (χ1n) is 8.26. The van der Waals surface area contributed by atoms with Crippen LogP contribution in [-0.2, 0) is 4.74 Å². The lowest BCUT2D eigenvalue weighted by Gasteiger charge is -2.27. The number of anilines is 1. The molecule has 0 saturated carbocycles. The fourth-order valence-corrected chi connectivity index (χ4v) is 2.94. The molecular weight excluding hydrogens is 318 g/mol. The molecule has 3 aromatic rings. The van der Waals surface area contributed by atoms with Crippen LogP contribution in [0.5, 0.6) is 0 Å². The predicted octanol–water partition coefficient (Wildman–Crippen LogP) is 1.77. The van der Waals surface area contributed by atoms with Crippen molar-refractivity contribution in [3.05, 3.63) is 58.6 Å². The van der Waals surface area contributed by atoms with E-state index in [1.54, 1.807) is 12.3 Å². The summed E-state index contributed by atoms with van der Waals surface area (Å²) in [5.41, 5.74) is 3.04. The van der Waals surface area contributed by atoms with Gasteiger partial charge in [0.1, 0.15) is 0 Å². The number of H-pyrrole nitrogens is 1. The Hall–Kier alpha value is -2.93. The lowest BCUT2D eigenvalue weighted by Crippen LogP contribution is -2.37. The molecule has 0 spiro atoms. The zero-order chi connectivity index (χ0) is 17.2. The van der Waals surface area contributed by atoms with Crippen LogP contribution in [0.1, 0.15) is 5.69 Å². The molecule has 128 valence electrons. The fraction of sp³-hybridized carbons (Fsp3) is 0.278. The molecule has 1 aliphatic rings. The summed E-state index contributed by atoms with van der Waals surface area (Å²) >= 11 is 0. The van der Waals surface area contributed by atoms with Gasteiger partial charge >= 0.3 is 0 Å². The number of hydrogen-bond donors (Lipinski definition) is 1. The van der Waals surface area contributed by atoms with Gasteiger partial charge in [0, 0.05) is 30.9 Å². The van der Waals surface area contributed by atoms with E-state index in [0.717, 1.165) is 30.0 Å². The summed E-state index contributed by atoms with van der Waals surface area (Å²) < 4.78 is 6.88. The number of aryl methyl sites for hydroxylation is 1. The molecule has 1 aliphatic heterocycles. The highest BCUT2D eigenvalue weighted by Crippen LogP contribution is 2.21. The first-order valence-corrected chi connectivity index (χ1v) is 8.26. The number of benzene rings is 1. The van der Waals surface area contributed by atoms with Gasteiger partial charge in [0.2, 0.25) is 5.95 Å². The van der Waals surface area contributed by atoms with Gasteiger partial charge in [0.15, 0.2) is 0 Å². The molecule has 7 nitrogen and oxygen atoms in total. The summed E-state index contributed by atoms with van der Waals surface area (Å²) in [6.07, 6.45) is 1.77. The molecule has 4 rings (SSSR count). The van der Waals surface area contributed by atoms with Gasteiger partial charge in [-0.05, 0) is 19.1 Å². The molecule has 1 N–H and O–H groups in total. The number of rotatable bonds is 3. The van der Waals surface area contributed by atoms with Crippen LogP contribution in [0, 0.1) is 6.92 Å². The van der Waals surface area contributed by atoms with Crippen molar-refractivity contribution in [1.29, 1.82) is 0 Å². The Morgan fingerprint density at radius 3 is 2.64 bits per heavy atom. The lowest BCUT2D eigenvalue weighted by atomic mass is 10.2. The maximum Gasteiger partial charge on any atom is 0.271 e. The van der Waals surface area contributed by atoms with Crippen LogP contribution < -0.4 is 10.5 Å². The van der Waals surface area contributed by atoms with Gasteiger partial charge in [0.05, 0.1) is 30.3 Å². The molecule has 0 atom stereocenters. The highest BCUT2D eigenvalue weighted by atomic mass is 16.5. The van der Waals surface area contributed by atoms with E-state index in [2.05, 4.69) is 20.0 Å². The third-order valence-corrected chi connectivity index (χ3v) is 4.29. The van der Waals surface area contributed by atoms with Gasteiger partial charge in [-0.3, -0.25) is 9.89 Å². The smallest absolute Gasteiger partial charge is 0.271 e. The second-order valence-corrected chi connectivity index (χ2v) is 5.95. The van der Waals surface area contributed by atoms with E-state index in [1.807, 2.05) is 37.3 Å². The SMILES string of the molecule is Cc1nc(N2CCOCC2)ncc1-c1cc(=O)n(-c2ccccc2)[nH]1. The third-order valence-electron chi connectivity index (χ3n) is 4.29. The Morgan fingerprint density at radius 1 is 1.16 bits per heavy atom. The van der Waals surface area contributed by atoms with Crippen molar-refractivity contribution in [2.24, 2.45) is 0 Å². The molecule has 25 heavy (non-hydrogen) atoms. The van der Waals surface area contributed by atoms with Crippen LogP contribution in [-0.4, -0.2) is 46.1 Å². The third kappa shape index (κ3) is 3.06. The Balaban J connectivity index is 1.67. The van der Waals surface area contributed by atoms with E-state index < -0.39 is 0 Å². The number of para-hydroxylation sites is 1. The zero-order valence-corrected chi connectivity index (χ0v) is 14.0. The number of nitrogens with one attached hydrogen (secondary N) is 1. The topological polar surface area (TPSA) is 76.0 Å². The summed E-state index contributed by atoms with van der Waals surface area (Å²) in [5.74, 6) is 0.703. The van der Waals surface area contributed by atoms with Gasteiger partial charge in [-0.15, -0.1) is 0 Å². The number of aromatic amines is 1. The Morgan fingerprint density at radius 2 is 1.92 bits per heavy atom. The molecule has 7 heteroatoms. The Kier molecular flexibility index (Phi) is 4.07. The van der Waals surface area contributed by atoms with Crippen molar-refractivity contribution in [3.8, 4) is 16.9 Å². The average molecular weight is 337 g/mol. The maximum absolute atomic E-state index is 12.3. The minimum Gasteiger partial charge on any atom is -0.378 e. The largest absolute Gasteiger partial charge is 0.378 e. The van der Waals surface area contributed by atoms with Gasteiger partial charge in [-0.1, -0.05) is 18.2 Å². The standard InChI is InChI=1S/C18H19N5O2/c1-13-15(12-19-18(20-13)22-7-9-25-10-8-22)16-11-17(24)23(21-16)14-5-3-2-4-6-14/h2-6,11-12,21H,7-10H2,1H3. The first kappa shape index (κ1) is 15.6. The molecule has 2 aromatic heterocycles. The summed E-state index contributed by atoms with van der Waals surface area (Å²) in [4.78, 5) is 23.5. The van der Waals surface area contributed by atoms with Gasteiger partial charge in [-0.25, -0.2) is 14.6 Å². The molecule has 1 saturated heterocycles. The van der Waals surface area contributed by atoms with E-state index in [1.165, 1.54) is 4.68 Å². The van der Waals surface area contributed by atoms with Crippen molar-refractivity contribution in [2.75, 3.05) is 31.2 Å². The number of nitrogens with zero attached hydrogens (tertiary/aromatic N) is 4. The van der Waals surface area contributed by atoms with E-state index >= 15 is 0 Å². The van der Waals surface area contributed by atoms with E-state index in [9.17, 15) is 4.79 Å². The molecule has 0 bridgehead atoms. The van der Waals surface area contributed by atoms with Crippen molar-refractivity contribution in [3.63, 3.8) is 0 Å². The maximum atomic E-state index is 12.3. The van der Waals surface area contributed by atoms with Gasteiger partial charge < -0.3 is 9.64 Å². The van der Waals surface area contributed by atoms with Gasteiger partial charge in [-0.2, -0.15) is 0 Å². The highest BCUT2D eigenvalue weighted by molar-refractivity contribution is 5.61. The predicted molar refractivity (Wildman–Crippen MR) is 95.2 cm³/mol. The minimum atomic E-state index is -0.113. The highest BCUT2D eigenvalue weighted by Gasteiger charge is 2.16. The monoisotopic (exact) mass is 337 g/mol. The van der Waals surface area contributed by atoms with Crippen LogP contribution in [0.15, 0.2) is 47.4 Å². The quantitative estimate of drug-likeness (QED) is 0.788. The van der Waals surface area contributed by atoms with Crippen LogP contribution in [0.3, 0.4) is 0 Å². The van der Waals surface area contributed by atoms with Crippen molar-refractivity contribution >= 4 is 5.95 Å². The summed E-state index contributed by atoms with van der Waals surface area (Å²) in [5, 5.41) is 3.14. The number of hydrogen-bond acceptors (Lipinski definition) is 5. The van der Waals surface area contributed by atoms with Crippen LogP contribution in [0.2, 0.25) is 0 Å². The van der Waals surface area contributed by atoms with Crippen molar-refractivity contribution < 1.29 is 4.74 Å². The summed E-state index contributed by atoms with van der Waals surface area (Å²) in [6.45, 7) is 4.90. The second-order valence-electron chi connectivity index (χ2n) is 5.95. The molecule has 1 fully saturated rings. The van der Waals surface area contributed by atoms with Gasteiger partial charge in [0.25, 0.3) is 5.56 Å². The molecule has 0 unspecified atom stereocenters. The summed E-state index contributed by atoms with van der Waals surface area (Å²) in [7, 11) is 0. The van der Waals surface area contributed by atoms with Crippen molar-refractivity contribution in [2.45, 2.75) is 6.92 Å². The molecular formula is C18H19N5O2. The van der Waals surface area contributed by atoms with Crippen LogP contribution in [0.25, 0.3) is 16.9 Å². The second kappa shape index (κ2) is 6.52. The molecule has 1 aromatic carbocycles. The fourth-order valence-electron chi connectivity index (χ4n) is 2.94. The number of aromatic nitrogens is 4. The molecule has 0 radical (unpaired) electrons. The number of ether oxygens (including phenoxy) is 1. The molecule has 0 amide bonds. The normalized spacial score (nSPS) is 14.7.